The molecule has 0 saturated carbocycles. The third kappa shape index (κ3) is 5.40. The molecule has 1 aliphatic rings. The number of rotatable bonds is 5. The number of carbonyl (C=O) groups is 2. The zero-order valence-corrected chi connectivity index (χ0v) is 20.6. The van der Waals surface area contributed by atoms with Crippen LogP contribution in [0.5, 0.6) is 0 Å². The molecule has 2 aromatic rings. The highest BCUT2D eigenvalue weighted by molar-refractivity contribution is 7.88. The Morgan fingerprint density at radius 1 is 1.18 bits per heavy atom. The van der Waals surface area contributed by atoms with Gasteiger partial charge in [0.25, 0.3) is 11.8 Å². The molecule has 0 unspecified atom stereocenters. The molecule has 0 spiro atoms. The van der Waals surface area contributed by atoms with Gasteiger partial charge in [0.2, 0.25) is 10.0 Å². The molecule has 2 atom stereocenters. The Balaban J connectivity index is 2.14. The monoisotopic (exact) mass is 510 g/mol. The molecule has 34 heavy (non-hydrogen) atoms. The van der Waals surface area contributed by atoms with Crippen LogP contribution in [0.25, 0.3) is 11.4 Å². The molecule has 0 radical (unpaired) electrons. The van der Waals surface area contributed by atoms with Crippen molar-refractivity contribution in [2.75, 3.05) is 26.4 Å². The number of halogens is 2. The fraction of sp³-hybridized carbons (Fsp3) is 0.381. The van der Waals surface area contributed by atoms with Crippen LogP contribution >= 0.6 is 11.6 Å². The van der Waals surface area contributed by atoms with Gasteiger partial charge in [0, 0.05) is 26.2 Å². The van der Waals surface area contributed by atoms with Crippen molar-refractivity contribution in [3.63, 3.8) is 0 Å². The summed E-state index contributed by atoms with van der Waals surface area (Å²) in [5.41, 5.74) is 1.12. The molecule has 1 N–H and O–H groups in total. The highest BCUT2D eigenvalue weighted by atomic mass is 35.5. The standard InChI is InChI=1S/C21H24ClFN6O4S/c1-11-9-28(21(31)12(2)23)10-18(29(11)34(5,32)33)14-6-15(27-19(22)7-14)16-8-17(20(30)24-4)26-13(3)25-16/h6-8,11,18H,2,9-10H2,1,3-5H3,(H,24,30)/t11-,18-/m0/s1. The molecule has 1 fully saturated rings. The Bertz CT molecular complexity index is 1270. The number of amides is 2. The maximum absolute atomic E-state index is 13.6. The smallest absolute Gasteiger partial charge is 0.282 e. The minimum atomic E-state index is -3.72. The van der Waals surface area contributed by atoms with Crippen molar-refractivity contribution in [1.82, 2.24) is 29.5 Å². The number of hydrogen-bond acceptors (Lipinski definition) is 7. The minimum absolute atomic E-state index is 0.00237. The first-order valence-corrected chi connectivity index (χ1v) is 12.4. The lowest BCUT2D eigenvalue weighted by Gasteiger charge is -2.44. The van der Waals surface area contributed by atoms with E-state index in [9.17, 15) is 22.4 Å². The van der Waals surface area contributed by atoms with Gasteiger partial charge < -0.3 is 10.2 Å². The van der Waals surface area contributed by atoms with Gasteiger partial charge >= 0.3 is 0 Å². The predicted octanol–water partition coefficient (Wildman–Crippen LogP) is 1.88. The van der Waals surface area contributed by atoms with Crippen LogP contribution in [-0.4, -0.2) is 76.8 Å². The van der Waals surface area contributed by atoms with Crippen LogP contribution in [0.4, 0.5) is 4.39 Å². The van der Waals surface area contributed by atoms with E-state index < -0.39 is 39.7 Å². The van der Waals surface area contributed by atoms with Gasteiger partial charge in [-0.15, -0.1) is 0 Å². The lowest BCUT2D eigenvalue weighted by molar-refractivity contribution is -0.131. The Morgan fingerprint density at radius 2 is 1.82 bits per heavy atom. The lowest BCUT2D eigenvalue weighted by atomic mass is 10.0. The molecule has 0 bridgehead atoms. The van der Waals surface area contributed by atoms with Gasteiger partial charge in [-0.1, -0.05) is 18.2 Å². The topological polar surface area (TPSA) is 125 Å². The van der Waals surface area contributed by atoms with E-state index in [4.69, 9.17) is 11.6 Å². The molecule has 3 rings (SSSR count). The number of nitrogens with zero attached hydrogens (tertiary/aromatic N) is 5. The summed E-state index contributed by atoms with van der Waals surface area (Å²) < 4.78 is 40.1. The maximum atomic E-state index is 13.6. The normalized spacial score (nSPS) is 19.1. The quantitative estimate of drug-likeness (QED) is 0.480. The number of aryl methyl sites for hydroxylation is 1. The molecule has 2 aromatic heterocycles. The van der Waals surface area contributed by atoms with Crippen molar-refractivity contribution >= 4 is 33.4 Å². The van der Waals surface area contributed by atoms with Crippen molar-refractivity contribution in [2.24, 2.45) is 0 Å². The van der Waals surface area contributed by atoms with Crippen LogP contribution in [-0.2, 0) is 14.8 Å². The van der Waals surface area contributed by atoms with Crippen molar-refractivity contribution in [1.29, 1.82) is 0 Å². The van der Waals surface area contributed by atoms with E-state index in [1.165, 1.54) is 28.4 Å². The molecule has 0 aromatic carbocycles. The number of sulfonamides is 1. The summed E-state index contributed by atoms with van der Waals surface area (Å²) in [5, 5.41) is 2.54. The number of piperazine rings is 1. The average Bonchev–Trinajstić information content (AvgIpc) is 2.75. The number of nitrogens with one attached hydrogen (secondary N) is 1. The SMILES string of the molecule is C=C(F)C(=O)N1C[C@H](C)N(S(C)(=O)=O)[C@H](c2cc(Cl)nc(-c3cc(C(=O)NC)nc(C)n3)c2)C1. The maximum Gasteiger partial charge on any atom is 0.282 e. The van der Waals surface area contributed by atoms with Crippen LogP contribution in [0.2, 0.25) is 5.15 Å². The van der Waals surface area contributed by atoms with Crippen LogP contribution in [0.1, 0.15) is 34.8 Å². The third-order valence-electron chi connectivity index (χ3n) is 5.28. The summed E-state index contributed by atoms with van der Waals surface area (Å²) in [5.74, 6) is -2.14. The summed E-state index contributed by atoms with van der Waals surface area (Å²) in [4.78, 5) is 38.3. The zero-order valence-electron chi connectivity index (χ0n) is 19.0. The molecular formula is C21H24ClFN6O4S. The summed E-state index contributed by atoms with van der Waals surface area (Å²) in [6, 6.07) is 2.98. The summed E-state index contributed by atoms with van der Waals surface area (Å²) in [6.07, 6.45) is 1.06. The first kappa shape index (κ1) is 25.7. The summed E-state index contributed by atoms with van der Waals surface area (Å²) in [7, 11) is -2.25. The Kier molecular flexibility index (Phi) is 7.34. The second-order valence-electron chi connectivity index (χ2n) is 7.95. The van der Waals surface area contributed by atoms with E-state index in [1.807, 2.05) is 0 Å². The first-order valence-electron chi connectivity index (χ1n) is 10.2. The third-order valence-corrected chi connectivity index (χ3v) is 6.86. The van der Waals surface area contributed by atoms with Crippen molar-refractivity contribution < 1.29 is 22.4 Å². The Morgan fingerprint density at radius 3 is 2.41 bits per heavy atom. The van der Waals surface area contributed by atoms with E-state index in [-0.39, 0.29) is 29.6 Å². The molecule has 0 aliphatic carbocycles. The molecule has 3 heterocycles. The fourth-order valence-corrected chi connectivity index (χ4v) is 5.59. The number of carbonyl (C=O) groups excluding carboxylic acids is 2. The van der Waals surface area contributed by atoms with Crippen molar-refractivity contribution in [2.45, 2.75) is 25.9 Å². The van der Waals surface area contributed by atoms with Crippen LogP contribution < -0.4 is 5.32 Å². The lowest BCUT2D eigenvalue weighted by Crippen LogP contribution is -2.56. The van der Waals surface area contributed by atoms with Gasteiger partial charge in [-0.25, -0.2) is 27.8 Å². The van der Waals surface area contributed by atoms with E-state index in [0.717, 1.165) is 6.26 Å². The fourth-order valence-electron chi connectivity index (χ4n) is 4.00. The number of pyridine rings is 1. The van der Waals surface area contributed by atoms with Gasteiger partial charge in [0.05, 0.1) is 23.7 Å². The van der Waals surface area contributed by atoms with Crippen LogP contribution in [0.3, 0.4) is 0 Å². The molecule has 10 nitrogen and oxygen atoms in total. The van der Waals surface area contributed by atoms with E-state index >= 15 is 0 Å². The molecule has 2 amide bonds. The summed E-state index contributed by atoms with van der Waals surface area (Å²) >= 11 is 6.28. The van der Waals surface area contributed by atoms with E-state index in [0.29, 0.717) is 17.1 Å². The second-order valence-corrected chi connectivity index (χ2v) is 10.2. The van der Waals surface area contributed by atoms with Crippen molar-refractivity contribution in [3.05, 3.63) is 52.8 Å². The van der Waals surface area contributed by atoms with E-state index in [1.54, 1.807) is 19.9 Å². The Hall–Kier alpha value is -2.96. The zero-order chi connectivity index (χ0) is 25.4. The largest absolute Gasteiger partial charge is 0.354 e. The molecule has 1 aliphatic heterocycles. The van der Waals surface area contributed by atoms with Gasteiger partial charge in [-0.05, 0) is 37.6 Å². The Labute approximate surface area is 201 Å². The second kappa shape index (κ2) is 9.72. The van der Waals surface area contributed by atoms with Crippen LogP contribution in [0.15, 0.2) is 30.6 Å². The number of hydrogen-bond donors (Lipinski definition) is 1. The summed E-state index contributed by atoms with van der Waals surface area (Å²) in [6.45, 7) is 6.18. The molecular weight excluding hydrogens is 487 g/mol. The highest BCUT2D eigenvalue weighted by Gasteiger charge is 2.41. The van der Waals surface area contributed by atoms with Crippen molar-refractivity contribution in [3.8, 4) is 11.4 Å². The number of aromatic nitrogens is 3. The van der Waals surface area contributed by atoms with Crippen LogP contribution in [0, 0.1) is 6.92 Å². The highest BCUT2D eigenvalue weighted by Crippen LogP contribution is 2.34. The predicted molar refractivity (Wildman–Crippen MR) is 124 cm³/mol. The first-order chi connectivity index (χ1) is 15.8. The van der Waals surface area contributed by atoms with Gasteiger partial charge in [0.1, 0.15) is 16.7 Å². The van der Waals surface area contributed by atoms with Gasteiger partial charge in [0.15, 0.2) is 5.83 Å². The average molecular weight is 511 g/mol. The van der Waals surface area contributed by atoms with Gasteiger partial charge in [-0.3, -0.25) is 9.59 Å². The minimum Gasteiger partial charge on any atom is -0.354 e. The van der Waals surface area contributed by atoms with E-state index in [2.05, 4.69) is 26.8 Å². The molecule has 1 saturated heterocycles. The molecule has 13 heteroatoms. The molecule has 182 valence electrons. The van der Waals surface area contributed by atoms with Gasteiger partial charge in [-0.2, -0.15) is 4.31 Å².